The smallest absolute Gasteiger partial charge is 0.270 e. The average Bonchev–Trinajstić information content (AvgIpc) is 3.47. The normalized spacial score (nSPS) is 16.2. The Bertz CT molecular complexity index is 1430. The number of nitrogens with zero attached hydrogens (tertiary/aromatic N) is 2. The number of nitrogens with two attached hydrogens (primary N) is 2. The molecule has 16 heteroatoms. The molecule has 2 aliphatic rings. The summed E-state index contributed by atoms with van der Waals surface area (Å²) in [6.07, 6.45) is 7.62. The van der Waals surface area contributed by atoms with Crippen molar-refractivity contribution in [1.82, 2.24) is 25.8 Å². The zero-order chi connectivity index (χ0) is 31.9. The van der Waals surface area contributed by atoms with E-state index in [0.717, 1.165) is 38.9 Å². The van der Waals surface area contributed by atoms with Crippen LogP contribution >= 0.6 is 11.3 Å². The predicted molar refractivity (Wildman–Crippen MR) is 169 cm³/mol. The minimum absolute atomic E-state index is 0.0519. The molecule has 4 rings (SSSR count). The molecule has 0 bridgehead atoms. The van der Waals surface area contributed by atoms with Gasteiger partial charge in [0.2, 0.25) is 5.91 Å². The number of amides is 3. The number of thiazole rings is 1. The van der Waals surface area contributed by atoms with Crippen LogP contribution in [0.2, 0.25) is 0 Å². The Morgan fingerprint density at radius 1 is 1.23 bits per heavy atom. The van der Waals surface area contributed by atoms with Crippen LogP contribution in [0.15, 0.2) is 47.7 Å². The number of para-hydroxylation sites is 1. The number of likely N-dealkylation sites (tertiary alicyclic amines) is 1. The van der Waals surface area contributed by atoms with Crippen molar-refractivity contribution in [3.63, 3.8) is 0 Å². The number of carbonyl (C=O) groups excluding carboxylic acids is 3. The van der Waals surface area contributed by atoms with Gasteiger partial charge in [0.05, 0.1) is 30.3 Å². The zero-order valence-electron chi connectivity index (χ0n) is 24.5. The number of hydrogen-bond donors (Lipinski definition) is 7. The zero-order valence-corrected chi connectivity index (χ0v) is 25.3. The van der Waals surface area contributed by atoms with Crippen molar-refractivity contribution < 1.29 is 24.2 Å². The third kappa shape index (κ3) is 9.24. The maximum Gasteiger partial charge on any atom is 0.270 e. The van der Waals surface area contributed by atoms with E-state index in [1.807, 2.05) is 5.32 Å². The fourth-order valence-electron chi connectivity index (χ4n) is 4.60. The van der Waals surface area contributed by atoms with Crippen molar-refractivity contribution in [3.05, 3.63) is 52.6 Å². The predicted octanol–water partition coefficient (Wildman–Crippen LogP) is -0.000300. The second kappa shape index (κ2) is 14.6. The van der Waals surface area contributed by atoms with Gasteiger partial charge in [0.1, 0.15) is 37.1 Å². The Balaban J connectivity index is 1.54. The fourth-order valence-corrected chi connectivity index (χ4v) is 5.46. The van der Waals surface area contributed by atoms with Gasteiger partial charge in [-0.1, -0.05) is 6.07 Å². The maximum absolute atomic E-state index is 12.8. The van der Waals surface area contributed by atoms with Crippen molar-refractivity contribution in [3.8, 4) is 16.3 Å². The topological polar surface area (TPSA) is 197 Å². The average molecular weight is 618 g/mol. The van der Waals surface area contributed by atoms with Gasteiger partial charge in [-0.05, 0) is 63.9 Å². The van der Waals surface area contributed by atoms with E-state index < -0.39 is 17.1 Å². The summed E-state index contributed by atoms with van der Waals surface area (Å²) in [7, 11) is 12.0. The first kappa shape index (κ1) is 32.9. The molecule has 1 aromatic heterocycles. The largest absolute Gasteiger partial charge is 0.494 e. The quantitative estimate of drug-likeness (QED) is 0.0498. The minimum atomic E-state index is -2.54. The van der Waals surface area contributed by atoms with Crippen molar-refractivity contribution in [2.75, 3.05) is 38.6 Å². The molecule has 1 saturated heterocycles. The van der Waals surface area contributed by atoms with Gasteiger partial charge in [-0.15, -0.1) is 11.3 Å². The molecular formula is C28H36B2N8O5S. The van der Waals surface area contributed by atoms with E-state index in [2.05, 4.69) is 25.8 Å². The lowest BCUT2D eigenvalue weighted by Crippen LogP contribution is -2.51. The first-order valence-electron chi connectivity index (χ1n) is 14.3. The van der Waals surface area contributed by atoms with Crippen LogP contribution in [-0.4, -0.2) is 87.2 Å². The molecule has 2 aromatic rings. The second-order valence-electron chi connectivity index (χ2n) is 10.7. The summed E-state index contributed by atoms with van der Waals surface area (Å²) in [6.45, 7) is 3.76. The van der Waals surface area contributed by atoms with Crippen LogP contribution in [0.4, 0.5) is 5.69 Å². The molecule has 0 unspecified atom stereocenters. The first-order chi connectivity index (χ1) is 20.9. The number of rotatable bonds is 14. The van der Waals surface area contributed by atoms with E-state index in [1.54, 1.807) is 18.2 Å². The number of benzene rings is 1. The Morgan fingerprint density at radius 3 is 2.61 bits per heavy atom. The maximum atomic E-state index is 12.8. The van der Waals surface area contributed by atoms with Crippen LogP contribution in [0, 0.1) is 5.92 Å². The van der Waals surface area contributed by atoms with Crippen LogP contribution in [0.1, 0.15) is 41.8 Å². The standard InChI is InChI=1S/C28H36B2N8O5S/c1-43-23-17(27-34-15-20(44-27)25(40)33-10-5-13-38-11-2-3-12-38)6-4-7-18(23)35-19(22(32)26(41)37-28(29,30)42)14-21(31)36-24(39)16-8-9-16/h4,6-7,14-16,35,42H,2-3,5,8-13,31-32H2,1H3,(H,33,40)(H,36,39)(H,37,41)/b21-14+,22-19+. The lowest BCUT2D eigenvalue weighted by Gasteiger charge is -2.22. The van der Waals surface area contributed by atoms with Crippen molar-refractivity contribution in [1.29, 1.82) is 0 Å². The third-order valence-corrected chi connectivity index (χ3v) is 7.98. The van der Waals surface area contributed by atoms with Crippen LogP contribution in [0.5, 0.6) is 5.75 Å². The van der Waals surface area contributed by atoms with Gasteiger partial charge in [-0.2, -0.15) is 0 Å². The SMILES string of the molecule is [B]C([B])(O)NC(=O)/C(N)=C(/C=C(\N)NC(=O)C1CC1)Nc1cccc(-c2ncc(C(=O)NCCCN3CCCC3)s2)c1OC. The molecule has 2 fully saturated rings. The van der Waals surface area contributed by atoms with E-state index in [-0.39, 0.29) is 29.3 Å². The highest BCUT2D eigenvalue weighted by Gasteiger charge is 2.30. The van der Waals surface area contributed by atoms with Gasteiger partial charge >= 0.3 is 0 Å². The Hall–Kier alpha value is -4.01. The highest BCUT2D eigenvalue weighted by atomic mass is 32.1. The first-order valence-corrected chi connectivity index (χ1v) is 15.1. The van der Waals surface area contributed by atoms with Gasteiger partial charge < -0.3 is 47.5 Å². The van der Waals surface area contributed by atoms with Crippen molar-refractivity contribution in [2.45, 2.75) is 37.6 Å². The Kier molecular flexibility index (Phi) is 10.9. The van der Waals surface area contributed by atoms with E-state index in [4.69, 9.17) is 31.9 Å². The van der Waals surface area contributed by atoms with Crippen molar-refractivity contribution >= 4 is 50.4 Å². The second-order valence-corrected chi connectivity index (χ2v) is 11.7. The van der Waals surface area contributed by atoms with Gasteiger partial charge in [0, 0.05) is 24.1 Å². The summed E-state index contributed by atoms with van der Waals surface area (Å²) in [5.41, 5.74) is 10.0. The molecule has 3 amide bonds. The van der Waals surface area contributed by atoms with E-state index >= 15 is 0 Å². The molecule has 1 saturated carbocycles. The summed E-state index contributed by atoms with van der Waals surface area (Å²) in [6, 6.07) is 5.14. The number of aliphatic hydroxyl groups is 1. The molecule has 0 atom stereocenters. The molecule has 1 aliphatic heterocycles. The molecule has 4 radical (unpaired) electrons. The molecule has 1 aliphatic carbocycles. The van der Waals surface area contributed by atoms with Gasteiger partial charge in [-0.3, -0.25) is 14.4 Å². The molecule has 9 N–H and O–H groups in total. The van der Waals surface area contributed by atoms with Gasteiger partial charge in [0.15, 0.2) is 5.75 Å². The number of allylic oxidation sites excluding steroid dienone is 1. The van der Waals surface area contributed by atoms with Crippen LogP contribution in [0.25, 0.3) is 10.6 Å². The number of ether oxygens (including phenoxy) is 1. The Labute approximate surface area is 262 Å². The summed E-state index contributed by atoms with van der Waals surface area (Å²) in [5.74, 6) is -1.35. The van der Waals surface area contributed by atoms with E-state index in [1.165, 1.54) is 43.6 Å². The van der Waals surface area contributed by atoms with Crippen LogP contribution < -0.4 is 37.5 Å². The monoisotopic (exact) mass is 618 g/mol. The fraction of sp³-hybridized carbons (Fsp3) is 0.429. The minimum Gasteiger partial charge on any atom is -0.494 e. The number of anilines is 1. The lowest BCUT2D eigenvalue weighted by molar-refractivity contribution is -0.121. The van der Waals surface area contributed by atoms with Crippen LogP contribution in [-0.2, 0) is 9.59 Å². The number of nitrogens with one attached hydrogen (secondary N) is 4. The lowest BCUT2D eigenvalue weighted by atomic mass is 9.73. The number of aromatic nitrogens is 1. The molecule has 1 aromatic carbocycles. The Morgan fingerprint density at radius 2 is 1.95 bits per heavy atom. The summed E-state index contributed by atoms with van der Waals surface area (Å²) in [4.78, 5) is 45.0. The molecule has 0 spiro atoms. The summed E-state index contributed by atoms with van der Waals surface area (Å²) < 4.78 is 5.69. The van der Waals surface area contributed by atoms with Gasteiger partial charge in [-0.25, -0.2) is 4.98 Å². The van der Waals surface area contributed by atoms with Crippen molar-refractivity contribution in [2.24, 2.45) is 17.4 Å². The number of methoxy groups -OCH3 is 1. The summed E-state index contributed by atoms with van der Waals surface area (Å²) in [5, 5.41) is 20.6. The molecule has 230 valence electrons. The van der Waals surface area contributed by atoms with E-state index in [9.17, 15) is 19.5 Å². The number of carbonyl (C=O) groups is 3. The highest BCUT2D eigenvalue weighted by Crippen LogP contribution is 2.39. The number of hydrogen-bond acceptors (Lipinski definition) is 11. The van der Waals surface area contributed by atoms with Crippen LogP contribution in [0.3, 0.4) is 0 Å². The molecule has 2 heterocycles. The molecule has 44 heavy (non-hydrogen) atoms. The summed E-state index contributed by atoms with van der Waals surface area (Å²) >= 11 is 1.20. The van der Waals surface area contributed by atoms with Gasteiger partial charge in [0.25, 0.3) is 11.8 Å². The van der Waals surface area contributed by atoms with E-state index in [0.29, 0.717) is 33.4 Å². The molecule has 13 nitrogen and oxygen atoms in total. The third-order valence-electron chi connectivity index (χ3n) is 6.95. The molecular weight excluding hydrogens is 582 g/mol. The highest BCUT2D eigenvalue weighted by molar-refractivity contribution is 7.17.